The largest absolute Gasteiger partial charge is 0.399 e. The number of thioether (sulfide) groups is 1. The highest BCUT2D eigenvalue weighted by Gasteiger charge is 2.09. The lowest BCUT2D eigenvalue weighted by Crippen LogP contribution is -1.88. The molecule has 0 bridgehead atoms. The molecule has 0 aliphatic carbocycles. The normalized spacial score (nSPS) is 11.0. The molecule has 0 amide bonds. The van der Waals surface area contributed by atoms with Crippen LogP contribution < -0.4 is 5.73 Å². The Morgan fingerprint density at radius 1 is 1.29 bits per heavy atom. The van der Waals surface area contributed by atoms with E-state index in [1.807, 2.05) is 38.1 Å². The summed E-state index contributed by atoms with van der Waals surface area (Å²) in [5.41, 5.74) is 6.40. The Labute approximate surface area is 105 Å². The molecule has 0 fully saturated rings. The molecule has 0 saturated heterocycles. The van der Waals surface area contributed by atoms with Gasteiger partial charge in [0, 0.05) is 16.5 Å². The number of aromatic nitrogens is 2. The second-order valence-corrected chi connectivity index (χ2v) is 5.11. The van der Waals surface area contributed by atoms with Gasteiger partial charge in [0.1, 0.15) is 0 Å². The number of anilines is 1. The van der Waals surface area contributed by atoms with Gasteiger partial charge in [-0.2, -0.15) is 4.98 Å². The summed E-state index contributed by atoms with van der Waals surface area (Å²) in [7, 11) is 0. The fourth-order valence-electron chi connectivity index (χ4n) is 1.27. The maximum Gasteiger partial charge on any atom is 0.229 e. The van der Waals surface area contributed by atoms with E-state index in [0.717, 1.165) is 16.4 Å². The van der Waals surface area contributed by atoms with Crippen molar-refractivity contribution in [3.05, 3.63) is 36.0 Å². The van der Waals surface area contributed by atoms with Gasteiger partial charge in [-0.25, -0.2) is 0 Å². The molecule has 90 valence electrons. The SMILES string of the molecule is CC(C)c1nc(CSc2ccc(N)cc2)no1. The van der Waals surface area contributed by atoms with Crippen LogP contribution in [0.3, 0.4) is 0 Å². The molecular weight excluding hydrogens is 234 g/mol. The topological polar surface area (TPSA) is 64.9 Å². The first-order valence-corrected chi connectivity index (χ1v) is 6.44. The maximum atomic E-state index is 5.62. The van der Waals surface area contributed by atoms with Crippen LogP contribution in [-0.2, 0) is 5.75 Å². The van der Waals surface area contributed by atoms with Crippen LogP contribution in [0.25, 0.3) is 0 Å². The summed E-state index contributed by atoms with van der Waals surface area (Å²) >= 11 is 1.67. The number of nitrogens with two attached hydrogens (primary N) is 1. The highest BCUT2D eigenvalue weighted by Crippen LogP contribution is 2.23. The van der Waals surface area contributed by atoms with E-state index in [9.17, 15) is 0 Å². The van der Waals surface area contributed by atoms with Crippen molar-refractivity contribution >= 4 is 17.4 Å². The van der Waals surface area contributed by atoms with E-state index in [1.54, 1.807) is 11.8 Å². The third-order valence-corrected chi connectivity index (χ3v) is 3.23. The van der Waals surface area contributed by atoms with Crippen LogP contribution in [0.15, 0.2) is 33.7 Å². The van der Waals surface area contributed by atoms with Crippen molar-refractivity contribution in [1.82, 2.24) is 10.1 Å². The Morgan fingerprint density at radius 3 is 2.59 bits per heavy atom. The summed E-state index contributed by atoms with van der Waals surface area (Å²) in [6.45, 7) is 4.06. The van der Waals surface area contributed by atoms with E-state index in [-0.39, 0.29) is 5.92 Å². The van der Waals surface area contributed by atoms with Crippen molar-refractivity contribution in [3.63, 3.8) is 0 Å². The van der Waals surface area contributed by atoms with Gasteiger partial charge in [-0.05, 0) is 24.3 Å². The molecule has 0 spiro atoms. The molecule has 1 aromatic heterocycles. The number of rotatable bonds is 4. The van der Waals surface area contributed by atoms with Crippen LogP contribution in [0.1, 0.15) is 31.5 Å². The van der Waals surface area contributed by atoms with Gasteiger partial charge < -0.3 is 10.3 Å². The minimum atomic E-state index is 0.276. The Balaban J connectivity index is 1.95. The molecule has 0 radical (unpaired) electrons. The predicted molar refractivity (Wildman–Crippen MR) is 68.8 cm³/mol. The van der Waals surface area contributed by atoms with Crippen molar-refractivity contribution in [2.24, 2.45) is 0 Å². The first-order valence-electron chi connectivity index (χ1n) is 5.46. The van der Waals surface area contributed by atoms with Crippen molar-refractivity contribution in [2.45, 2.75) is 30.4 Å². The van der Waals surface area contributed by atoms with Gasteiger partial charge in [0.15, 0.2) is 5.82 Å². The second-order valence-electron chi connectivity index (χ2n) is 4.06. The number of hydrogen-bond donors (Lipinski definition) is 1. The van der Waals surface area contributed by atoms with Crippen LogP contribution >= 0.6 is 11.8 Å². The van der Waals surface area contributed by atoms with E-state index >= 15 is 0 Å². The van der Waals surface area contributed by atoms with E-state index < -0.39 is 0 Å². The third kappa shape index (κ3) is 3.23. The minimum Gasteiger partial charge on any atom is -0.399 e. The zero-order valence-corrected chi connectivity index (χ0v) is 10.7. The molecule has 0 saturated carbocycles. The molecule has 0 unspecified atom stereocenters. The second kappa shape index (κ2) is 5.23. The highest BCUT2D eigenvalue weighted by atomic mass is 32.2. The van der Waals surface area contributed by atoms with Crippen LogP contribution in [0.5, 0.6) is 0 Å². The zero-order chi connectivity index (χ0) is 12.3. The monoisotopic (exact) mass is 249 g/mol. The fraction of sp³-hybridized carbons (Fsp3) is 0.333. The smallest absolute Gasteiger partial charge is 0.229 e. The standard InChI is InChI=1S/C12H15N3OS/c1-8(2)12-14-11(15-16-12)7-17-10-5-3-9(13)4-6-10/h3-6,8H,7,13H2,1-2H3. The summed E-state index contributed by atoms with van der Waals surface area (Å²) in [4.78, 5) is 5.47. The molecule has 1 aromatic carbocycles. The lowest BCUT2D eigenvalue weighted by atomic mass is 10.2. The molecule has 17 heavy (non-hydrogen) atoms. The predicted octanol–water partition coefficient (Wildman–Crippen LogP) is 3.07. The van der Waals surface area contributed by atoms with E-state index in [2.05, 4.69) is 10.1 Å². The van der Waals surface area contributed by atoms with E-state index in [4.69, 9.17) is 10.3 Å². The minimum absolute atomic E-state index is 0.276. The number of nitrogens with zero attached hydrogens (tertiary/aromatic N) is 2. The van der Waals surface area contributed by atoms with Gasteiger partial charge in [-0.3, -0.25) is 0 Å². The first-order chi connectivity index (χ1) is 8.15. The van der Waals surface area contributed by atoms with Crippen LogP contribution in [0.4, 0.5) is 5.69 Å². The quantitative estimate of drug-likeness (QED) is 0.666. The summed E-state index contributed by atoms with van der Waals surface area (Å²) in [5, 5.41) is 3.94. The Hall–Kier alpha value is -1.49. The summed E-state index contributed by atoms with van der Waals surface area (Å²) < 4.78 is 5.14. The van der Waals surface area contributed by atoms with Gasteiger partial charge in [0.25, 0.3) is 0 Å². The van der Waals surface area contributed by atoms with E-state index in [0.29, 0.717) is 11.6 Å². The fourth-order valence-corrected chi connectivity index (χ4v) is 2.01. The lowest BCUT2D eigenvalue weighted by Gasteiger charge is -1.98. The molecule has 2 N–H and O–H groups in total. The number of nitrogen functional groups attached to an aromatic ring is 1. The Bertz CT molecular complexity index is 479. The molecule has 2 aromatic rings. The third-order valence-electron chi connectivity index (χ3n) is 2.23. The molecule has 0 aliphatic rings. The summed E-state index contributed by atoms with van der Waals surface area (Å²) in [6.07, 6.45) is 0. The lowest BCUT2D eigenvalue weighted by molar-refractivity contribution is 0.362. The molecule has 4 nitrogen and oxygen atoms in total. The zero-order valence-electron chi connectivity index (χ0n) is 9.88. The molecule has 0 atom stereocenters. The molecular formula is C12H15N3OS. The average Bonchev–Trinajstić information content (AvgIpc) is 2.77. The van der Waals surface area contributed by atoms with Gasteiger partial charge in [-0.15, -0.1) is 11.8 Å². The molecule has 0 aliphatic heterocycles. The Kier molecular flexibility index (Phi) is 3.68. The van der Waals surface area contributed by atoms with Gasteiger partial charge in [-0.1, -0.05) is 19.0 Å². The van der Waals surface area contributed by atoms with Crippen LogP contribution in [0, 0.1) is 0 Å². The van der Waals surface area contributed by atoms with E-state index in [1.165, 1.54) is 0 Å². The van der Waals surface area contributed by atoms with Gasteiger partial charge in [0.05, 0.1) is 5.75 Å². The summed E-state index contributed by atoms with van der Waals surface area (Å²) in [6, 6.07) is 7.75. The average molecular weight is 249 g/mol. The van der Waals surface area contributed by atoms with Crippen molar-refractivity contribution in [1.29, 1.82) is 0 Å². The Morgan fingerprint density at radius 2 is 2.00 bits per heavy atom. The van der Waals surface area contributed by atoms with Crippen LogP contribution in [-0.4, -0.2) is 10.1 Å². The van der Waals surface area contributed by atoms with Crippen molar-refractivity contribution in [2.75, 3.05) is 5.73 Å². The van der Waals surface area contributed by atoms with Crippen molar-refractivity contribution in [3.8, 4) is 0 Å². The summed E-state index contributed by atoms with van der Waals surface area (Å²) in [5.74, 6) is 2.41. The number of hydrogen-bond acceptors (Lipinski definition) is 5. The maximum absolute atomic E-state index is 5.62. The number of benzene rings is 1. The van der Waals surface area contributed by atoms with Gasteiger partial charge >= 0.3 is 0 Å². The van der Waals surface area contributed by atoms with Crippen molar-refractivity contribution < 1.29 is 4.52 Å². The highest BCUT2D eigenvalue weighted by molar-refractivity contribution is 7.98. The molecule has 2 rings (SSSR count). The van der Waals surface area contributed by atoms with Gasteiger partial charge in [0.2, 0.25) is 5.89 Å². The molecule has 1 heterocycles. The molecule has 5 heteroatoms. The van der Waals surface area contributed by atoms with Crippen LogP contribution in [0.2, 0.25) is 0 Å². The first kappa shape index (κ1) is 12.0.